The fraction of sp³-hybridized carbons (Fsp3) is 0.381. The largest absolute Gasteiger partial charge is 0.396 e. The molecule has 3 rings (SSSR count). The molecule has 4 heteroatoms. The van der Waals surface area contributed by atoms with E-state index in [1.165, 1.54) is 42.5 Å². The Kier molecular flexibility index (Phi) is 5.94. The van der Waals surface area contributed by atoms with Crippen LogP contribution in [0.2, 0.25) is 0 Å². The van der Waals surface area contributed by atoms with Crippen molar-refractivity contribution in [1.82, 2.24) is 4.98 Å². The number of nitrogens with two attached hydrogens (primary N) is 1. The Morgan fingerprint density at radius 2 is 2.08 bits per heavy atom. The highest BCUT2D eigenvalue weighted by Gasteiger charge is 2.06. The van der Waals surface area contributed by atoms with Gasteiger partial charge in [0.2, 0.25) is 0 Å². The van der Waals surface area contributed by atoms with Crippen molar-refractivity contribution in [1.29, 1.82) is 0 Å². The van der Waals surface area contributed by atoms with Crippen LogP contribution in [-0.4, -0.2) is 11.5 Å². The summed E-state index contributed by atoms with van der Waals surface area (Å²) in [4.78, 5) is 4.71. The van der Waals surface area contributed by atoms with Gasteiger partial charge in [-0.1, -0.05) is 44.4 Å². The standard InChI is InChI=1S/C21H28N4/c1-2-3-4-5-8-18-10-11-19(22)21(25-18)24-15-16-9-12-20-17(14-16)7-6-13-23-20/h6-7,9-12,14,23H,2-5,8,13,15,22H2,1H3,(H,24,25). The SMILES string of the molecule is CCCCCCc1ccc(N)c(NCc2ccc3c(c2)C=CCN3)n1. The molecule has 0 unspecified atom stereocenters. The van der Waals surface area contributed by atoms with Crippen LogP contribution in [0.3, 0.4) is 0 Å². The van der Waals surface area contributed by atoms with Crippen LogP contribution in [0.15, 0.2) is 36.4 Å². The monoisotopic (exact) mass is 336 g/mol. The van der Waals surface area contributed by atoms with E-state index in [9.17, 15) is 0 Å². The molecule has 0 spiro atoms. The molecule has 1 aliphatic rings. The summed E-state index contributed by atoms with van der Waals surface area (Å²) in [6.07, 6.45) is 10.3. The minimum absolute atomic E-state index is 0.705. The maximum atomic E-state index is 6.09. The van der Waals surface area contributed by atoms with Crippen molar-refractivity contribution in [3.8, 4) is 0 Å². The second-order valence-electron chi connectivity index (χ2n) is 6.61. The molecular formula is C21H28N4. The Balaban J connectivity index is 1.61. The first-order chi connectivity index (χ1) is 12.3. The molecule has 0 fully saturated rings. The predicted molar refractivity (Wildman–Crippen MR) is 108 cm³/mol. The van der Waals surface area contributed by atoms with E-state index in [2.05, 4.69) is 47.9 Å². The molecule has 2 heterocycles. The summed E-state index contributed by atoms with van der Waals surface area (Å²) in [5.74, 6) is 0.791. The summed E-state index contributed by atoms with van der Waals surface area (Å²) in [6.45, 7) is 3.85. The van der Waals surface area contributed by atoms with Crippen molar-refractivity contribution in [2.45, 2.75) is 45.6 Å². The Labute approximate surface area is 150 Å². The second-order valence-corrected chi connectivity index (χ2v) is 6.61. The molecular weight excluding hydrogens is 308 g/mol. The van der Waals surface area contributed by atoms with E-state index in [1.54, 1.807) is 0 Å². The normalized spacial score (nSPS) is 12.5. The second kappa shape index (κ2) is 8.56. The minimum Gasteiger partial charge on any atom is -0.396 e. The Bertz CT molecular complexity index is 737. The van der Waals surface area contributed by atoms with Gasteiger partial charge in [0.1, 0.15) is 5.82 Å². The first kappa shape index (κ1) is 17.3. The number of benzene rings is 1. The Morgan fingerprint density at radius 3 is 2.96 bits per heavy atom. The molecule has 1 aromatic heterocycles. The molecule has 0 radical (unpaired) electrons. The molecule has 1 aromatic carbocycles. The predicted octanol–water partition coefficient (Wildman–Crippen LogP) is 4.84. The van der Waals surface area contributed by atoms with E-state index in [0.717, 1.165) is 31.0 Å². The molecule has 0 bridgehead atoms. The Morgan fingerprint density at radius 1 is 1.16 bits per heavy atom. The molecule has 4 nitrogen and oxygen atoms in total. The van der Waals surface area contributed by atoms with E-state index >= 15 is 0 Å². The van der Waals surface area contributed by atoms with Crippen molar-refractivity contribution in [2.24, 2.45) is 0 Å². The third-order valence-electron chi connectivity index (χ3n) is 4.55. The molecule has 0 aliphatic carbocycles. The van der Waals surface area contributed by atoms with Gasteiger partial charge >= 0.3 is 0 Å². The lowest BCUT2D eigenvalue weighted by molar-refractivity contribution is 0.661. The van der Waals surface area contributed by atoms with Gasteiger partial charge in [-0.15, -0.1) is 0 Å². The van der Waals surface area contributed by atoms with Gasteiger partial charge in [0.05, 0.1) is 5.69 Å². The number of unbranched alkanes of at least 4 members (excludes halogenated alkanes) is 3. The number of nitrogens with one attached hydrogen (secondary N) is 2. The summed E-state index contributed by atoms with van der Waals surface area (Å²) in [5, 5.41) is 6.77. The summed E-state index contributed by atoms with van der Waals surface area (Å²) in [5.41, 5.74) is 11.6. The minimum atomic E-state index is 0.705. The number of anilines is 3. The van der Waals surface area contributed by atoms with Gasteiger partial charge in [-0.3, -0.25) is 0 Å². The number of aryl methyl sites for hydroxylation is 1. The maximum Gasteiger partial charge on any atom is 0.149 e. The van der Waals surface area contributed by atoms with Gasteiger partial charge in [0.25, 0.3) is 0 Å². The number of aromatic nitrogens is 1. The maximum absolute atomic E-state index is 6.09. The third-order valence-corrected chi connectivity index (χ3v) is 4.55. The van der Waals surface area contributed by atoms with E-state index in [4.69, 9.17) is 10.7 Å². The van der Waals surface area contributed by atoms with Crippen LogP contribution in [0, 0.1) is 0 Å². The summed E-state index contributed by atoms with van der Waals surface area (Å²) in [7, 11) is 0. The fourth-order valence-electron chi connectivity index (χ4n) is 3.09. The molecule has 25 heavy (non-hydrogen) atoms. The molecule has 132 valence electrons. The molecule has 0 amide bonds. The van der Waals surface area contributed by atoms with Crippen LogP contribution in [0.5, 0.6) is 0 Å². The average molecular weight is 336 g/mol. The Hall–Kier alpha value is -2.49. The lowest BCUT2D eigenvalue weighted by Crippen LogP contribution is -2.08. The topological polar surface area (TPSA) is 63.0 Å². The van der Waals surface area contributed by atoms with Crippen LogP contribution in [0.4, 0.5) is 17.2 Å². The zero-order chi connectivity index (χ0) is 17.5. The zero-order valence-corrected chi connectivity index (χ0v) is 15.0. The first-order valence-corrected chi connectivity index (χ1v) is 9.29. The van der Waals surface area contributed by atoms with Crippen molar-refractivity contribution >= 4 is 23.3 Å². The number of hydrogen-bond donors (Lipinski definition) is 3. The van der Waals surface area contributed by atoms with Crippen LogP contribution in [-0.2, 0) is 13.0 Å². The highest BCUT2D eigenvalue weighted by atomic mass is 15.0. The molecule has 1 aliphatic heterocycles. The fourth-order valence-corrected chi connectivity index (χ4v) is 3.09. The molecule has 0 saturated carbocycles. The van der Waals surface area contributed by atoms with Crippen molar-refractivity contribution in [2.75, 3.05) is 22.9 Å². The highest BCUT2D eigenvalue weighted by Crippen LogP contribution is 2.23. The van der Waals surface area contributed by atoms with E-state index < -0.39 is 0 Å². The lowest BCUT2D eigenvalue weighted by atomic mass is 10.1. The van der Waals surface area contributed by atoms with Crippen LogP contribution in [0.25, 0.3) is 6.08 Å². The summed E-state index contributed by atoms with van der Waals surface area (Å²) in [6, 6.07) is 10.5. The van der Waals surface area contributed by atoms with E-state index in [0.29, 0.717) is 5.69 Å². The quantitative estimate of drug-likeness (QED) is 0.604. The summed E-state index contributed by atoms with van der Waals surface area (Å²) < 4.78 is 0. The lowest BCUT2D eigenvalue weighted by Gasteiger charge is -2.15. The van der Waals surface area contributed by atoms with E-state index in [1.807, 2.05) is 12.1 Å². The molecule has 0 saturated heterocycles. The van der Waals surface area contributed by atoms with Gasteiger partial charge in [-0.05, 0) is 48.2 Å². The van der Waals surface area contributed by atoms with Crippen molar-refractivity contribution in [3.05, 3.63) is 53.2 Å². The van der Waals surface area contributed by atoms with Gasteiger partial charge in [0.15, 0.2) is 0 Å². The number of fused-ring (bicyclic) bond motifs is 1. The van der Waals surface area contributed by atoms with E-state index in [-0.39, 0.29) is 0 Å². The van der Waals surface area contributed by atoms with Crippen LogP contribution >= 0.6 is 0 Å². The van der Waals surface area contributed by atoms with Crippen LogP contribution in [0.1, 0.15) is 49.4 Å². The number of rotatable bonds is 8. The molecule has 4 N–H and O–H groups in total. The summed E-state index contributed by atoms with van der Waals surface area (Å²) >= 11 is 0. The molecule has 0 atom stereocenters. The van der Waals surface area contributed by atoms with Gasteiger partial charge < -0.3 is 16.4 Å². The third kappa shape index (κ3) is 4.75. The zero-order valence-electron chi connectivity index (χ0n) is 15.0. The number of nitrogen functional groups attached to an aromatic ring is 1. The van der Waals surface area contributed by atoms with Gasteiger partial charge in [0, 0.05) is 24.5 Å². The van der Waals surface area contributed by atoms with Crippen LogP contribution < -0.4 is 16.4 Å². The smallest absolute Gasteiger partial charge is 0.149 e. The number of hydrogen-bond acceptors (Lipinski definition) is 4. The molecule has 2 aromatic rings. The van der Waals surface area contributed by atoms with Crippen molar-refractivity contribution < 1.29 is 0 Å². The number of pyridine rings is 1. The highest BCUT2D eigenvalue weighted by molar-refractivity contribution is 5.70. The van der Waals surface area contributed by atoms with Gasteiger partial charge in [-0.2, -0.15) is 0 Å². The first-order valence-electron chi connectivity index (χ1n) is 9.29. The average Bonchev–Trinajstić information content (AvgIpc) is 2.65. The number of nitrogens with zero attached hydrogens (tertiary/aromatic N) is 1. The van der Waals surface area contributed by atoms with Crippen molar-refractivity contribution in [3.63, 3.8) is 0 Å². The van der Waals surface area contributed by atoms with Gasteiger partial charge in [-0.25, -0.2) is 4.98 Å².